The average Bonchev–Trinajstić information content (AvgIpc) is 3.44. The summed E-state index contributed by atoms with van der Waals surface area (Å²) in [6, 6.07) is 28.4. The first kappa shape index (κ1) is 26.6. The number of ether oxygens (including phenoxy) is 2. The zero-order valence-electron chi connectivity index (χ0n) is 22.1. The summed E-state index contributed by atoms with van der Waals surface area (Å²) in [6.07, 6.45) is 1.65. The Hall–Kier alpha value is -4.43. The molecule has 0 aliphatic carbocycles. The highest BCUT2D eigenvalue weighted by molar-refractivity contribution is 5.84. The molecule has 0 saturated heterocycles. The number of rotatable bonds is 11. The van der Waals surface area contributed by atoms with Crippen LogP contribution in [0.25, 0.3) is 11.2 Å². The van der Waals surface area contributed by atoms with Gasteiger partial charge in [0.1, 0.15) is 17.9 Å². The highest BCUT2D eigenvalue weighted by Gasteiger charge is 2.18. The number of anilines is 3. The number of H-pyrrole nitrogens is 1. The number of nitrogens with zero attached hydrogens (tertiary/aromatic N) is 4. The van der Waals surface area contributed by atoms with E-state index in [1.54, 1.807) is 13.4 Å². The van der Waals surface area contributed by atoms with Crippen LogP contribution in [0.15, 0.2) is 91.3 Å². The van der Waals surface area contributed by atoms with E-state index in [0.717, 1.165) is 22.8 Å². The molecule has 0 aliphatic rings. The summed E-state index contributed by atoms with van der Waals surface area (Å²) in [6.45, 7) is 6.43. The molecule has 8 nitrogen and oxygen atoms in total. The molecule has 5 aromatic rings. The Morgan fingerprint density at radius 1 is 0.816 bits per heavy atom. The van der Waals surface area contributed by atoms with E-state index in [-0.39, 0.29) is 2.85 Å². The molecule has 8 heteroatoms. The minimum absolute atomic E-state index is 0. The van der Waals surface area contributed by atoms with Gasteiger partial charge in [-0.15, -0.1) is 0 Å². The molecule has 0 spiro atoms. The molecule has 5 rings (SSSR count). The second-order valence-electron chi connectivity index (χ2n) is 8.29. The van der Waals surface area contributed by atoms with Gasteiger partial charge in [-0.3, -0.25) is 0 Å². The smallest absolute Gasteiger partial charge is 0.231 e. The molecule has 2 heterocycles. The van der Waals surface area contributed by atoms with Crippen LogP contribution >= 0.6 is 0 Å². The maximum absolute atomic E-state index is 5.66. The largest absolute Gasteiger partial charge is 0.491 e. The van der Waals surface area contributed by atoms with Gasteiger partial charge in [0.15, 0.2) is 11.5 Å². The predicted molar refractivity (Wildman–Crippen MR) is 157 cm³/mol. The summed E-state index contributed by atoms with van der Waals surface area (Å²) in [5, 5.41) is 3.32. The van der Waals surface area contributed by atoms with Crippen molar-refractivity contribution in [2.24, 2.45) is 0 Å². The van der Waals surface area contributed by atoms with Crippen LogP contribution in [0, 0.1) is 0 Å². The quantitative estimate of drug-likeness (QED) is 0.186. The Labute approximate surface area is 226 Å². The normalized spacial score (nSPS) is 10.5. The summed E-state index contributed by atoms with van der Waals surface area (Å²) in [5.74, 6) is 2.04. The Balaban J connectivity index is 0.00000137. The van der Waals surface area contributed by atoms with Crippen molar-refractivity contribution in [2.45, 2.75) is 26.9 Å². The van der Waals surface area contributed by atoms with E-state index in [9.17, 15) is 0 Å². The number of benzene rings is 3. The van der Waals surface area contributed by atoms with Gasteiger partial charge in [-0.25, -0.2) is 4.98 Å². The Morgan fingerprint density at radius 2 is 1.45 bits per heavy atom. The molecule has 2 N–H and O–H groups in total. The first-order valence-corrected chi connectivity index (χ1v) is 12.8. The van der Waals surface area contributed by atoms with E-state index >= 15 is 0 Å². The van der Waals surface area contributed by atoms with Gasteiger partial charge in [-0.1, -0.05) is 74.5 Å². The fourth-order valence-electron chi connectivity index (χ4n) is 3.92. The molecule has 38 heavy (non-hydrogen) atoms. The van der Waals surface area contributed by atoms with Crippen molar-refractivity contribution in [1.29, 1.82) is 0 Å². The zero-order chi connectivity index (χ0) is 26.6. The molecular weight excluding hydrogens is 476 g/mol. The van der Waals surface area contributed by atoms with Crippen LogP contribution in [0.3, 0.4) is 0 Å². The van der Waals surface area contributed by atoms with Gasteiger partial charge in [0.2, 0.25) is 5.95 Å². The van der Waals surface area contributed by atoms with Crippen LogP contribution in [-0.2, 0) is 17.8 Å². The molecular formula is C30H38N6O2. The molecule has 0 aliphatic heterocycles. The predicted octanol–water partition coefficient (Wildman–Crippen LogP) is 6.85. The number of imidazole rings is 1. The first-order valence-electron chi connectivity index (χ1n) is 12.8. The number of nitrogens with one attached hydrogen (secondary N) is 2. The van der Waals surface area contributed by atoms with Gasteiger partial charge < -0.3 is 24.7 Å². The lowest BCUT2D eigenvalue weighted by Gasteiger charge is -2.25. The second kappa shape index (κ2) is 13.8. The standard InChI is InChI=1S/C28H28N6O2.C2H6.2H2/c1-35-16-17-36-24-14-12-23(13-15-24)31-28-32-26-25(29-20-30-26)27(33-28)34(18-21-8-4-2-5-9-21)19-22-10-6-3-7-11-22;1-2;;/h2-15,20H,16-19H2,1H3,(H2,29,30,31,32,33);1-2H3;2*1H. The van der Waals surface area contributed by atoms with Crippen LogP contribution in [0.1, 0.15) is 27.8 Å². The maximum Gasteiger partial charge on any atom is 0.231 e. The van der Waals surface area contributed by atoms with Crippen molar-refractivity contribution in [1.82, 2.24) is 19.9 Å². The third kappa shape index (κ3) is 7.08. The Bertz CT molecular complexity index is 1340. The molecule has 0 bridgehead atoms. The fraction of sp³-hybridized carbons (Fsp3) is 0.233. The van der Waals surface area contributed by atoms with Crippen LogP contribution in [0.5, 0.6) is 5.75 Å². The maximum atomic E-state index is 5.66. The average molecular weight is 515 g/mol. The van der Waals surface area contributed by atoms with E-state index < -0.39 is 0 Å². The lowest BCUT2D eigenvalue weighted by Crippen LogP contribution is -2.24. The molecule has 200 valence electrons. The SMILES string of the molecule is CC.COCCOc1ccc(Nc2nc(N(Cc3ccccc3)Cc3ccccc3)c3[nH]cnc3n2)cc1.[HH].[HH]. The molecule has 0 radical (unpaired) electrons. The van der Waals surface area contributed by atoms with E-state index in [4.69, 9.17) is 14.5 Å². The van der Waals surface area contributed by atoms with E-state index in [2.05, 4.69) is 73.7 Å². The van der Waals surface area contributed by atoms with Crippen molar-refractivity contribution in [3.63, 3.8) is 0 Å². The summed E-state index contributed by atoms with van der Waals surface area (Å²) in [4.78, 5) is 19.5. The molecule has 2 aromatic heterocycles. The summed E-state index contributed by atoms with van der Waals surface area (Å²) in [5.41, 5.74) is 4.65. The van der Waals surface area contributed by atoms with Crippen LogP contribution < -0.4 is 15.0 Å². The van der Waals surface area contributed by atoms with Crippen LogP contribution in [0.4, 0.5) is 17.5 Å². The number of aromatic nitrogens is 4. The van der Waals surface area contributed by atoms with Gasteiger partial charge in [-0.05, 0) is 35.4 Å². The molecule has 0 fully saturated rings. The number of hydrogen-bond donors (Lipinski definition) is 2. The summed E-state index contributed by atoms with van der Waals surface area (Å²) in [7, 11) is 1.65. The number of methoxy groups -OCH3 is 1. The van der Waals surface area contributed by atoms with E-state index in [1.807, 2.05) is 50.2 Å². The highest BCUT2D eigenvalue weighted by atomic mass is 16.5. The van der Waals surface area contributed by atoms with Crippen molar-refractivity contribution in [3.05, 3.63) is 102 Å². The minimum Gasteiger partial charge on any atom is -0.491 e. The van der Waals surface area contributed by atoms with Crippen molar-refractivity contribution in [2.75, 3.05) is 30.5 Å². The number of hydrogen-bond acceptors (Lipinski definition) is 7. The zero-order valence-corrected chi connectivity index (χ0v) is 22.1. The van der Waals surface area contributed by atoms with Crippen molar-refractivity contribution in [3.8, 4) is 5.75 Å². The monoisotopic (exact) mass is 514 g/mol. The molecule has 0 amide bonds. The summed E-state index contributed by atoms with van der Waals surface area (Å²) < 4.78 is 10.7. The third-order valence-corrected chi connectivity index (χ3v) is 5.67. The number of aromatic amines is 1. The molecule has 0 atom stereocenters. The van der Waals surface area contributed by atoms with Gasteiger partial charge in [0.25, 0.3) is 0 Å². The van der Waals surface area contributed by atoms with Gasteiger partial charge >= 0.3 is 0 Å². The molecule has 0 saturated carbocycles. The van der Waals surface area contributed by atoms with E-state index in [1.165, 1.54) is 11.1 Å². The first-order chi connectivity index (χ1) is 18.8. The topological polar surface area (TPSA) is 88.2 Å². The minimum atomic E-state index is 0. The molecule has 0 unspecified atom stereocenters. The van der Waals surface area contributed by atoms with Gasteiger partial charge in [-0.2, -0.15) is 9.97 Å². The summed E-state index contributed by atoms with van der Waals surface area (Å²) >= 11 is 0. The highest BCUT2D eigenvalue weighted by Crippen LogP contribution is 2.27. The van der Waals surface area contributed by atoms with E-state index in [0.29, 0.717) is 37.9 Å². The van der Waals surface area contributed by atoms with Gasteiger partial charge in [0.05, 0.1) is 12.9 Å². The lowest BCUT2D eigenvalue weighted by atomic mass is 10.1. The van der Waals surface area contributed by atoms with Gasteiger partial charge in [0, 0.05) is 28.7 Å². The Kier molecular flexibility index (Phi) is 9.64. The van der Waals surface area contributed by atoms with Crippen LogP contribution in [0.2, 0.25) is 0 Å². The number of fused-ring (bicyclic) bond motifs is 1. The Morgan fingerprint density at radius 3 is 2.05 bits per heavy atom. The second-order valence-corrected chi connectivity index (χ2v) is 8.29. The lowest BCUT2D eigenvalue weighted by molar-refractivity contribution is 0.146. The van der Waals surface area contributed by atoms with Crippen molar-refractivity contribution < 1.29 is 12.3 Å². The van der Waals surface area contributed by atoms with Crippen LogP contribution in [-0.4, -0.2) is 40.3 Å². The molecule has 3 aromatic carbocycles. The fourth-order valence-corrected chi connectivity index (χ4v) is 3.92. The van der Waals surface area contributed by atoms with Crippen molar-refractivity contribution >= 4 is 28.6 Å². The third-order valence-electron chi connectivity index (χ3n) is 5.67.